The minimum Gasteiger partial charge on any atom is -0.497 e. The average Bonchev–Trinajstić information content (AvgIpc) is 3.08. The molecule has 0 unspecified atom stereocenters. The third-order valence-corrected chi connectivity index (χ3v) is 4.14. The second kappa shape index (κ2) is 7.63. The predicted molar refractivity (Wildman–Crippen MR) is 95.8 cm³/mol. The Morgan fingerprint density at radius 3 is 2.68 bits per heavy atom. The third kappa shape index (κ3) is 4.24. The van der Waals surface area contributed by atoms with Crippen LogP contribution >= 0.6 is 11.3 Å². The first kappa shape index (κ1) is 16.7. The number of nitrogens with one attached hydrogen (secondary N) is 1. The van der Waals surface area contributed by atoms with Crippen LogP contribution in [0.2, 0.25) is 0 Å². The molecule has 0 aliphatic carbocycles. The van der Waals surface area contributed by atoms with Crippen molar-refractivity contribution in [1.82, 2.24) is 4.98 Å². The van der Waals surface area contributed by atoms with Gasteiger partial charge in [0.15, 0.2) is 10.9 Å². The summed E-state index contributed by atoms with van der Waals surface area (Å²) in [6, 6.07) is 13.8. The van der Waals surface area contributed by atoms with Crippen LogP contribution < -0.4 is 14.8 Å². The number of ether oxygens (including phenoxy) is 2. The number of hydrogen-bond donors (Lipinski definition) is 1. The summed E-state index contributed by atoms with van der Waals surface area (Å²) in [7, 11) is 1.62. The molecule has 0 bridgehead atoms. The number of thiazole rings is 1. The molecule has 3 rings (SSSR count). The number of methoxy groups -OCH3 is 1. The number of nitro benzene ring substituents is 1. The van der Waals surface area contributed by atoms with Crippen molar-refractivity contribution in [2.75, 3.05) is 12.4 Å². The molecule has 1 N–H and O–H groups in total. The van der Waals surface area contributed by atoms with Crippen molar-refractivity contribution in [2.24, 2.45) is 0 Å². The fourth-order valence-corrected chi connectivity index (χ4v) is 2.83. The van der Waals surface area contributed by atoms with Crippen LogP contribution in [0.4, 0.5) is 16.5 Å². The second-order valence-electron chi connectivity index (χ2n) is 5.01. The molecule has 0 aliphatic rings. The van der Waals surface area contributed by atoms with Gasteiger partial charge >= 0.3 is 5.69 Å². The van der Waals surface area contributed by atoms with Crippen LogP contribution in [-0.4, -0.2) is 17.0 Å². The summed E-state index contributed by atoms with van der Waals surface area (Å²) in [5.74, 6) is 1.01. The number of nitrogens with zero attached hydrogens (tertiary/aromatic N) is 2. The van der Waals surface area contributed by atoms with Crippen molar-refractivity contribution in [3.63, 3.8) is 0 Å². The molecule has 0 amide bonds. The minimum absolute atomic E-state index is 0.0608. The third-order valence-electron chi connectivity index (χ3n) is 3.33. The zero-order chi connectivity index (χ0) is 17.6. The van der Waals surface area contributed by atoms with E-state index < -0.39 is 4.92 Å². The van der Waals surface area contributed by atoms with Gasteiger partial charge in [-0.05, 0) is 30.3 Å². The summed E-state index contributed by atoms with van der Waals surface area (Å²) in [6.45, 7) is 0.158. The molecule has 7 nitrogen and oxygen atoms in total. The minimum atomic E-state index is -0.465. The summed E-state index contributed by atoms with van der Waals surface area (Å²) in [5.41, 5.74) is 1.52. The molecule has 1 heterocycles. The van der Waals surface area contributed by atoms with Crippen molar-refractivity contribution in [3.05, 3.63) is 69.7 Å². The highest BCUT2D eigenvalue weighted by Crippen LogP contribution is 2.28. The summed E-state index contributed by atoms with van der Waals surface area (Å²) >= 11 is 1.43. The zero-order valence-electron chi connectivity index (χ0n) is 13.3. The first-order valence-electron chi connectivity index (χ1n) is 7.37. The Labute approximate surface area is 148 Å². The van der Waals surface area contributed by atoms with Crippen molar-refractivity contribution < 1.29 is 14.4 Å². The van der Waals surface area contributed by atoms with Crippen LogP contribution in [0.5, 0.6) is 11.5 Å². The van der Waals surface area contributed by atoms with Gasteiger partial charge in [0.2, 0.25) is 0 Å². The Balaban J connectivity index is 1.63. The number of hydrogen-bond acceptors (Lipinski definition) is 7. The van der Waals surface area contributed by atoms with E-state index in [1.54, 1.807) is 25.3 Å². The van der Waals surface area contributed by atoms with Crippen LogP contribution in [0.1, 0.15) is 5.69 Å². The zero-order valence-corrected chi connectivity index (χ0v) is 14.2. The molecule has 3 aromatic rings. The second-order valence-corrected chi connectivity index (χ2v) is 5.87. The number of anilines is 2. The van der Waals surface area contributed by atoms with Gasteiger partial charge in [0.05, 0.1) is 17.7 Å². The van der Waals surface area contributed by atoms with Gasteiger partial charge in [-0.3, -0.25) is 10.1 Å². The maximum Gasteiger partial charge on any atom is 0.310 e. The van der Waals surface area contributed by atoms with E-state index in [4.69, 9.17) is 9.47 Å². The molecule has 2 aromatic carbocycles. The van der Waals surface area contributed by atoms with E-state index in [1.807, 2.05) is 29.6 Å². The molecule has 0 aliphatic heterocycles. The molecular weight excluding hydrogens is 342 g/mol. The lowest BCUT2D eigenvalue weighted by atomic mass is 10.3. The molecule has 0 saturated heterocycles. The van der Waals surface area contributed by atoms with Crippen LogP contribution in [0.15, 0.2) is 53.9 Å². The number of aromatic nitrogens is 1. The van der Waals surface area contributed by atoms with Gasteiger partial charge in [-0.25, -0.2) is 4.98 Å². The summed E-state index contributed by atoms with van der Waals surface area (Å²) < 4.78 is 10.7. The van der Waals surface area contributed by atoms with Gasteiger partial charge < -0.3 is 14.8 Å². The molecule has 0 atom stereocenters. The summed E-state index contributed by atoms with van der Waals surface area (Å²) in [4.78, 5) is 14.9. The quantitative estimate of drug-likeness (QED) is 0.499. The Kier molecular flexibility index (Phi) is 5.10. The molecule has 0 saturated carbocycles. The Bertz CT molecular complexity index is 864. The van der Waals surface area contributed by atoms with E-state index in [9.17, 15) is 10.1 Å². The number of nitro groups is 1. The van der Waals surface area contributed by atoms with E-state index in [-0.39, 0.29) is 18.0 Å². The van der Waals surface area contributed by atoms with Crippen molar-refractivity contribution in [1.29, 1.82) is 0 Å². The van der Waals surface area contributed by atoms with Crippen molar-refractivity contribution in [3.8, 4) is 11.5 Å². The number of rotatable bonds is 7. The topological polar surface area (TPSA) is 86.5 Å². The molecule has 25 heavy (non-hydrogen) atoms. The van der Waals surface area contributed by atoms with E-state index >= 15 is 0 Å². The van der Waals surface area contributed by atoms with Crippen LogP contribution in [0.25, 0.3) is 0 Å². The van der Waals surface area contributed by atoms with Crippen LogP contribution in [0.3, 0.4) is 0 Å². The van der Waals surface area contributed by atoms with Gasteiger partial charge in [0, 0.05) is 17.1 Å². The summed E-state index contributed by atoms with van der Waals surface area (Å²) in [5, 5.41) is 16.7. The Hall–Kier alpha value is -3.13. The molecular formula is C17H15N3O4S. The van der Waals surface area contributed by atoms with Gasteiger partial charge in [-0.15, -0.1) is 11.3 Å². The Morgan fingerprint density at radius 1 is 1.20 bits per heavy atom. The molecule has 0 spiro atoms. The van der Waals surface area contributed by atoms with Crippen molar-refractivity contribution in [2.45, 2.75) is 6.61 Å². The largest absolute Gasteiger partial charge is 0.497 e. The van der Waals surface area contributed by atoms with Crippen LogP contribution in [-0.2, 0) is 6.61 Å². The molecule has 8 heteroatoms. The lowest BCUT2D eigenvalue weighted by molar-refractivity contribution is -0.385. The highest BCUT2D eigenvalue weighted by Gasteiger charge is 2.14. The predicted octanol–water partition coefficient (Wildman–Crippen LogP) is 4.38. The van der Waals surface area contributed by atoms with Gasteiger partial charge in [-0.1, -0.05) is 12.1 Å². The Morgan fingerprint density at radius 2 is 1.96 bits per heavy atom. The van der Waals surface area contributed by atoms with E-state index in [0.717, 1.165) is 11.4 Å². The van der Waals surface area contributed by atoms with E-state index in [1.165, 1.54) is 17.4 Å². The van der Waals surface area contributed by atoms with E-state index in [0.29, 0.717) is 10.8 Å². The molecule has 0 radical (unpaired) electrons. The lowest BCUT2D eigenvalue weighted by Crippen LogP contribution is -1.99. The standard InChI is InChI=1S/C17H15N3O4S/c1-23-14-8-6-12(7-9-14)18-17-19-13(11-25-17)10-24-16-5-3-2-4-15(16)20(21)22/h2-9,11H,10H2,1H3,(H,18,19). The lowest BCUT2D eigenvalue weighted by Gasteiger charge is -2.05. The average molecular weight is 357 g/mol. The molecule has 128 valence electrons. The van der Waals surface area contributed by atoms with E-state index in [2.05, 4.69) is 10.3 Å². The van der Waals surface area contributed by atoms with Gasteiger partial charge in [0.1, 0.15) is 12.4 Å². The van der Waals surface area contributed by atoms with Crippen LogP contribution in [0, 0.1) is 10.1 Å². The number of benzene rings is 2. The normalized spacial score (nSPS) is 10.3. The first-order chi connectivity index (χ1) is 12.2. The number of para-hydroxylation sites is 2. The fourth-order valence-electron chi connectivity index (χ4n) is 2.11. The molecule has 1 aromatic heterocycles. The smallest absolute Gasteiger partial charge is 0.310 e. The first-order valence-corrected chi connectivity index (χ1v) is 8.25. The molecule has 0 fully saturated rings. The SMILES string of the molecule is COc1ccc(Nc2nc(COc3ccccc3[N+](=O)[O-])cs2)cc1. The van der Waals surface area contributed by atoms with Gasteiger partial charge in [-0.2, -0.15) is 0 Å². The fraction of sp³-hybridized carbons (Fsp3) is 0.118. The maximum atomic E-state index is 11.0. The maximum absolute atomic E-state index is 11.0. The highest BCUT2D eigenvalue weighted by molar-refractivity contribution is 7.13. The van der Waals surface area contributed by atoms with Gasteiger partial charge in [0.25, 0.3) is 0 Å². The highest BCUT2D eigenvalue weighted by atomic mass is 32.1. The van der Waals surface area contributed by atoms with Crippen molar-refractivity contribution >= 4 is 27.8 Å². The monoisotopic (exact) mass is 357 g/mol. The summed E-state index contributed by atoms with van der Waals surface area (Å²) in [6.07, 6.45) is 0.